The van der Waals surface area contributed by atoms with E-state index in [1.165, 1.54) is 0 Å². The first-order chi connectivity index (χ1) is 7.71. The number of carbonyl (C=O) groups is 1. The molecule has 0 bridgehead atoms. The molecule has 3 N–H and O–H groups in total. The van der Waals surface area contributed by atoms with Crippen LogP contribution in [0.2, 0.25) is 0 Å². The van der Waals surface area contributed by atoms with Gasteiger partial charge in [0.2, 0.25) is 5.91 Å². The number of amides is 1. The summed E-state index contributed by atoms with van der Waals surface area (Å²) in [6, 6.07) is 0. The van der Waals surface area contributed by atoms with Crippen LogP contribution in [-0.4, -0.2) is 36.0 Å². The Kier molecular flexibility index (Phi) is 5.45. The fourth-order valence-electron chi connectivity index (χ4n) is 1.74. The largest absolute Gasteiger partial charge is 0.368 e. The predicted molar refractivity (Wildman–Crippen MR) is 65.1 cm³/mol. The van der Waals surface area contributed by atoms with Crippen molar-refractivity contribution in [2.24, 2.45) is 10.8 Å². The molecule has 6 nitrogen and oxygen atoms in total. The van der Waals surface area contributed by atoms with E-state index < -0.39 is 5.54 Å². The zero-order valence-electron chi connectivity index (χ0n) is 9.19. The molecule has 0 aromatic heterocycles. The Balaban J connectivity index is 2.38. The van der Waals surface area contributed by atoms with Gasteiger partial charge in [-0.2, -0.15) is 11.8 Å². The average Bonchev–Trinajstić information content (AvgIpc) is 2.30. The minimum Gasteiger partial charge on any atom is -0.368 e. The number of hydrogen-bond donors (Lipinski definition) is 2. The van der Waals surface area contributed by atoms with Gasteiger partial charge in [0.25, 0.3) is 0 Å². The summed E-state index contributed by atoms with van der Waals surface area (Å²) >= 11 is 1.75. The molecule has 0 radical (unpaired) electrons. The number of rotatable bonds is 6. The number of nitrogens with zero attached hydrogens (tertiary/aromatic N) is 3. The van der Waals surface area contributed by atoms with Crippen molar-refractivity contribution >= 4 is 17.7 Å². The quantitative estimate of drug-likeness (QED) is 0.315. The molecular formula is C9H17N5OS. The Bertz CT molecular complexity index is 284. The zero-order chi connectivity index (χ0) is 11.9. The fourth-order valence-corrected chi connectivity index (χ4v) is 2.97. The van der Waals surface area contributed by atoms with Crippen LogP contribution in [0.1, 0.15) is 19.3 Å². The lowest BCUT2D eigenvalue weighted by atomic mass is 9.94. The highest BCUT2D eigenvalue weighted by Crippen LogP contribution is 2.26. The van der Waals surface area contributed by atoms with Crippen LogP contribution in [0.4, 0.5) is 0 Å². The van der Waals surface area contributed by atoms with Crippen molar-refractivity contribution in [2.45, 2.75) is 24.8 Å². The van der Waals surface area contributed by atoms with Crippen LogP contribution in [0, 0.1) is 0 Å². The van der Waals surface area contributed by atoms with Crippen LogP contribution in [0.3, 0.4) is 0 Å². The first-order valence-electron chi connectivity index (χ1n) is 5.35. The summed E-state index contributed by atoms with van der Waals surface area (Å²) in [5.41, 5.74) is 13.0. The summed E-state index contributed by atoms with van der Waals surface area (Å²) in [7, 11) is 0. The Morgan fingerprint density at radius 2 is 2.50 bits per heavy atom. The van der Waals surface area contributed by atoms with E-state index in [4.69, 9.17) is 11.3 Å². The van der Waals surface area contributed by atoms with Gasteiger partial charge < -0.3 is 11.1 Å². The molecule has 1 fully saturated rings. The molecule has 1 saturated heterocycles. The predicted octanol–water partition coefficient (Wildman–Crippen LogP) is 1.03. The number of hydrogen-bond acceptors (Lipinski definition) is 4. The molecule has 0 aromatic rings. The van der Waals surface area contributed by atoms with Gasteiger partial charge in [0.1, 0.15) is 5.54 Å². The molecule has 1 unspecified atom stereocenters. The smallest absolute Gasteiger partial charge is 0.238 e. The lowest BCUT2D eigenvalue weighted by molar-refractivity contribution is -0.124. The van der Waals surface area contributed by atoms with Gasteiger partial charge in [0.15, 0.2) is 0 Å². The highest BCUT2D eigenvalue weighted by Gasteiger charge is 2.37. The summed E-state index contributed by atoms with van der Waals surface area (Å²) < 4.78 is 0. The zero-order valence-corrected chi connectivity index (χ0v) is 10.0. The molecule has 0 saturated carbocycles. The van der Waals surface area contributed by atoms with Crippen molar-refractivity contribution in [1.82, 2.24) is 5.32 Å². The Morgan fingerprint density at radius 1 is 1.69 bits per heavy atom. The maximum absolute atomic E-state index is 11.5. The highest BCUT2D eigenvalue weighted by molar-refractivity contribution is 7.99. The average molecular weight is 243 g/mol. The van der Waals surface area contributed by atoms with Crippen molar-refractivity contribution in [2.75, 3.05) is 24.6 Å². The normalized spacial score (nSPS) is 24.8. The molecular weight excluding hydrogens is 226 g/mol. The van der Waals surface area contributed by atoms with Crippen molar-refractivity contribution < 1.29 is 4.79 Å². The molecule has 0 aromatic carbocycles. The van der Waals surface area contributed by atoms with E-state index in [9.17, 15) is 4.79 Å². The minimum absolute atomic E-state index is 0.275. The van der Waals surface area contributed by atoms with Crippen LogP contribution in [0.25, 0.3) is 10.4 Å². The van der Waals surface area contributed by atoms with E-state index in [1.807, 2.05) is 0 Å². The van der Waals surface area contributed by atoms with Gasteiger partial charge in [-0.25, -0.2) is 0 Å². The second kappa shape index (κ2) is 6.62. The Labute approximate surface area is 99.0 Å². The third-order valence-corrected chi connectivity index (χ3v) is 3.95. The van der Waals surface area contributed by atoms with Gasteiger partial charge in [-0.3, -0.25) is 4.79 Å². The maximum atomic E-state index is 11.5. The summed E-state index contributed by atoms with van der Waals surface area (Å²) in [5, 5.41) is 6.66. The van der Waals surface area contributed by atoms with E-state index in [1.54, 1.807) is 11.8 Å². The van der Waals surface area contributed by atoms with Gasteiger partial charge in [0.05, 0.1) is 0 Å². The number of primary amides is 1. The second-order valence-corrected chi connectivity index (χ2v) is 4.94. The van der Waals surface area contributed by atoms with Gasteiger partial charge in [-0.05, 0) is 37.1 Å². The first-order valence-corrected chi connectivity index (χ1v) is 6.50. The van der Waals surface area contributed by atoms with E-state index in [0.717, 1.165) is 30.8 Å². The molecule has 0 spiro atoms. The lowest BCUT2D eigenvalue weighted by Crippen LogP contribution is -2.58. The number of carbonyl (C=O) groups excluding carboxylic acids is 1. The molecule has 16 heavy (non-hydrogen) atoms. The molecule has 1 aliphatic rings. The van der Waals surface area contributed by atoms with Gasteiger partial charge in [-0.15, -0.1) is 0 Å². The second-order valence-electron chi connectivity index (χ2n) is 3.84. The van der Waals surface area contributed by atoms with Crippen molar-refractivity contribution in [3.63, 3.8) is 0 Å². The number of azide groups is 1. The van der Waals surface area contributed by atoms with E-state index in [2.05, 4.69) is 15.3 Å². The minimum atomic E-state index is -0.556. The molecule has 1 atom stereocenters. The number of nitrogens with two attached hydrogens (primary N) is 1. The fraction of sp³-hybridized carbons (Fsp3) is 0.889. The van der Waals surface area contributed by atoms with Gasteiger partial charge in [-0.1, -0.05) is 5.11 Å². The summed E-state index contributed by atoms with van der Waals surface area (Å²) in [6.07, 6.45) is 2.54. The molecule has 90 valence electrons. The number of thioether (sulfide) groups is 1. The monoisotopic (exact) mass is 243 g/mol. The number of nitrogens with one attached hydrogen (secondary N) is 1. The molecule has 7 heteroatoms. The van der Waals surface area contributed by atoms with Crippen molar-refractivity contribution in [1.29, 1.82) is 0 Å². The maximum Gasteiger partial charge on any atom is 0.238 e. The van der Waals surface area contributed by atoms with Gasteiger partial charge in [0, 0.05) is 17.2 Å². The lowest BCUT2D eigenvalue weighted by Gasteiger charge is -2.34. The van der Waals surface area contributed by atoms with Crippen molar-refractivity contribution in [3.8, 4) is 0 Å². The van der Waals surface area contributed by atoms with Crippen molar-refractivity contribution in [3.05, 3.63) is 10.4 Å². The summed E-state index contributed by atoms with van der Waals surface area (Å²) in [5.74, 6) is 1.56. The SMILES string of the molecule is [N-]=[N+]=NCCCNC1(C(N)=O)CCCSC1. The van der Waals surface area contributed by atoms with E-state index >= 15 is 0 Å². The third kappa shape index (κ3) is 3.59. The van der Waals surface area contributed by atoms with E-state index in [-0.39, 0.29) is 5.91 Å². The summed E-state index contributed by atoms with van der Waals surface area (Å²) in [4.78, 5) is 14.1. The van der Waals surface area contributed by atoms with E-state index in [0.29, 0.717) is 13.1 Å². The first kappa shape index (κ1) is 13.2. The van der Waals surface area contributed by atoms with Crippen LogP contribution >= 0.6 is 11.8 Å². The topological polar surface area (TPSA) is 104 Å². The van der Waals surface area contributed by atoms with Crippen LogP contribution < -0.4 is 11.1 Å². The van der Waals surface area contributed by atoms with Crippen LogP contribution in [0.5, 0.6) is 0 Å². The van der Waals surface area contributed by atoms with Crippen LogP contribution in [-0.2, 0) is 4.79 Å². The molecule has 0 aliphatic carbocycles. The molecule has 1 amide bonds. The van der Waals surface area contributed by atoms with Crippen LogP contribution in [0.15, 0.2) is 5.11 Å². The highest BCUT2D eigenvalue weighted by atomic mass is 32.2. The third-order valence-electron chi connectivity index (χ3n) is 2.67. The standard InChI is InChI=1S/C9H17N5OS/c10-8(15)9(3-1-6-16-7-9)12-4-2-5-13-14-11/h12H,1-7H2,(H2,10,15). The van der Waals surface area contributed by atoms with Gasteiger partial charge >= 0.3 is 0 Å². The molecule has 1 heterocycles. The Morgan fingerprint density at radius 3 is 3.06 bits per heavy atom. The molecule has 1 rings (SSSR count). The molecule has 1 aliphatic heterocycles. The summed E-state index contributed by atoms with van der Waals surface area (Å²) in [6.45, 7) is 1.11. The Hall–Kier alpha value is -0.910.